The molecule has 0 aromatic rings. The van der Waals surface area contributed by atoms with E-state index in [1.54, 1.807) is 11.8 Å². The lowest BCUT2D eigenvalue weighted by Crippen LogP contribution is -2.01. The van der Waals surface area contributed by atoms with Gasteiger partial charge in [-0.1, -0.05) is 76.3 Å². The molecule has 0 fully saturated rings. The number of hydrogen-bond donors (Lipinski definition) is 0. The lowest BCUT2D eigenvalue weighted by Gasteiger charge is -2.06. The van der Waals surface area contributed by atoms with Crippen molar-refractivity contribution < 1.29 is 0 Å². The quantitative estimate of drug-likeness (QED) is 0.282. The van der Waals surface area contributed by atoms with Crippen molar-refractivity contribution in [1.82, 2.24) is 0 Å². The molecule has 140 valence electrons. The van der Waals surface area contributed by atoms with Crippen molar-refractivity contribution in [1.29, 1.82) is 0 Å². The van der Waals surface area contributed by atoms with Crippen LogP contribution in [-0.4, -0.2) is 18.3 Å². The summed E-state index contributed by atoms with van der Waals surface area (Å²) in [6.07, 6.45) is 16.3. The summed E-state index contributed by atoms with van der Waals surface area (Å²) in [5, 5.41) is 3.09. The number of nitrogens with zero attached hydrogens (tertiary/aromatic N) is 2. The summed E-state index contributed by atoms with van der Waals surface area (Å²) in [6, 6.07) is 0. The van der Waals surface area contributed by atoms with Gasteiger partial charge in [0, 0.05) is 25.0 Å². The molecule has 0 spiro atoms. The van der Waals surface area contributed by atoms with Gasteiger partial charge in [0.1, 0.15) is 5.04 Å². The molecule has 1 aliphatic heterocycles. The van der Waals surface area contributed by atoms with Crippen LogP contribution in [0.3, 0.4) is 0 Å². The van der Waals surface area contributed by atoms with E-state index in [0.29, 0.717) is 0 Å². The fourth-order valence-electron chi connectivity index (χ4n) is 1.78. The average Bonchev–Trinajstić information content (AvgIpc) is 2.89. The highest BCUT2D eigenvalue weighted by Gasteiger charge is 2.08. The molecule has 25 heavy (non-hydrogen) atoms. The van der Waals surface area contributed by atoms with Gasteiger partial charge in [-0.3, -0.25) is 9.98 Å². The average molecular weight is 361 g/mol. The van der Waals surface area contributed by atoms with Crippen molar-refractivity contribution in [3.05, 3.63) is 58.7 Å². The fraction of sp³-hybridized carbons (Fsp3) is 0.455. The minimum atomic E-state index is 0.929. The Kier molecular flexibility index (Phi) is 19.2. The smallest absolute Gasteiger partial charge is 0.103 e. The van der Waals surface area contributed by atoms with Gasteiger partial charge in [-0.05, 0) is 43.7 Å². The second kappa shape index (κ2) is 18.7. The van der Waals surface area contributed by atoms with Crippen LogP contribution in [0, 0.1) is 0 Å². The molecule has 0 unspecified atom stereocenters. The second-order valence-electron chi connectivity index (χ2n) is 4.61. The highest BCUT2D eigenvalue weighted by molar-refractivity contribution is 8.17. The molecule has 0 aromatic heterocycles. The Balaban J connectivity index is 0. The van der Waals surface area contributed by atoms with Gasteiger partial charge in [0.25, 0.3) is 0 Å². The Morgan fingerprint density at radius 3 is 2.48 bits per heavy atom. The van der Waals surface area contributed by atoms with E-state index >= 15 is 0 Å². The third-order valence-electron chi connectivity index (χ3n) is 3.03. The zero-order valence-electron chi connectivity index (χ0n) is 17.3. The maximum absolute atomic E-state index is 4.40. The van der Waals surface area contributed by atoms with Crippen molar-refractivity contribution in [2.75, 3.05) is 7.05 Å². The van der Waals surface area contributed by atoms with Gasteiger partial charge in [-0.2, -0.15) is 0 Å². The minimum absolute atomic E-state index is 0.929. The Morgan fingerprint density at radius 2 is 1.92 bits per heavy atom. The summed E-state index contributed by atoms with van der Waals surface area (Å²) in [4.78, 5) is 8.67. The molecule has 1 rings (SSSR count). The van der Waals surface area contributed by atoms with Crippen LogP contribution in [0.25, 0.3) is 0 Å². The Labute approximate surface area is 160 Å². The van der Waals surface area contributed by atoms with E-state index in [0.717, 1.165) is 23.5 Å². The standard InChI is InChI=1S/C18H24N2S.2C2H6/c1-5-7-10-16(6-2)11-13-21-18(19-4)17-14-20-12-8-9-15(17)3;2*1-2/h6-8,10-14H,5,9H2,1-4H3;2*1-2H3/b10-7-,13-11+,16-6+,19-18?;;. The highest BCUT2D eigenvalue weighted by Crippen LogP contribution is 2.20. The van der Waals surface area contributed by atoms with Crippen LogP contribution in [0.2, 0.25) is 0 Å². The first kappa shape index (κ1) is 25.6. The summed E-state index contributed by atoms with van der Waals surface area (Å²) in [5.74, 6) is 0. The Bertz CT molecular complexity index is 544. The molecule has 0 aromatic carbocycles. The predicted octanol–water partition coefficient (Wildman–Crippen LogP) is 7.53. The van der Waals surface area contributed by atoms with Gasteiger partial charge in [0.15, 0.2) is 0 Å². The third-order valence-corrected chi connectivity index (χ3v) is 3.93. The number of allylic oxidation sites excluding steroid dienone is 7. The van der Waals surface area contributed by atoms with Crippen LogP contribution >= 0.6 is 11.8 Å². The molecule has 1 heterocycles. The fourth-order valence-corrected chi connectivity index (χ4v) is 2.59. The summed E-state index contributed by atoms with van der Waals surface area (Å²) < 4.78 is 0. The van der Waals surface area contributed by atoms with E-state index in [1.165, 1.54) is 11.1 Å². The zero-order valence-corrected chi connectivity index (χ0v) is 18.2. The Morgan fingerprint density at radius 1 is 1.24 bits per heavy atom. The van der Waals surface area contributed by atoms with Gasteiger partial charge in [-0.25, -0.2) is 0 Å². The van der Waals surface area contributed by atoms with Crippen molar-refractivity contribution >= 4 is 23.0 Å². The number of aliphatic imine (C=N–C) groups is 2. The van der Waals surface area contributed by atoms with Crippen molar-refractivity contribution in [3.8, 4) is 0 Å². The second-order valence-corrected chi connectivity index (χ2v) is 5.50. The first-order valence-electron chi connectivity index (χ1n) is 9.24. The van der Waals surface area contributed by atoms with E-state index in [9.17, 15) is 0 Å². The van der Waals surface area contributed by atoms with Crippen LogP contribution in [0.5, 0.6) is 0 Å². The van der Waals surface area contributed by atoms with E-state index in [-0.39, 0.29) is 0 Å². The van der Waals surface area contributed by atoms with E-state index in [2.05, 4.69) is 66.5 Å². The van der Waals surface area contributed by atoms with Crippen LogP contribution in [0.1, 0.15) is 61.3 Å². The third kappa shape index (κ3) is 11.5. The summed E-state index contributed by atoms with van der Waals surface area (Å²) in [7, 11) is 1.83. The van der Waals surface area contributed by atoms with Crippen LogP contribution in [0.15, 0.2) is 68.7 Å². The maximum Gasteiger partial charge on any atom is 0.103 e. The van der Waals surface area contributed by atoms with Gasteiger partial charge in [0.2, 0.25) is 0 Å². The maximum atomic E-state index is 4.40. The van der Waals surface area contributed by atoms with E-state index in [1.807, 2.05) is 47.2 Å². The van der Waals surface area contributed by atoms with Gasteiger partial charge < -0.3 is 0 Å². The van der Waals surface area contributed by atoms with E-state index < -0.39 is 0 Å². The topological polar surface area (TPSA) is 24.7 Å². The van der Waals surface area contributed by atoms with Gasteiger partial charge in [-0.15, -0.1) is 0 Å². The molecule has 0 N–H and O–H groups in total. The molecule has 0 atom stereocenters. The van der Waals surface area contributed by atoms with Crippen LogP contribution in [-0.2, 0) is 0 Å². The SMILES string of the molecule is C/C=C(\C=C/CC)/C=C/SC(=NC)C1=C(C)CC=CN=C1.CC.CC. The molecule has 1 aliphatic rings. The molecular formula is C22H36N2S. The highest BCUT2D eigenvalue weighted by atomic mass is 32.2. The lowest BCUT2D eigenvalue weighted by molar-refractivity contribution is 1.21. The van der Waals surface area contributed by atoms with Crippen molar-refractivity contribution in [2.24, 2.45) is 9.98 Å². The molecule has 0 saturated carbocycles. The zero-order chi connectivity index (χ0) is 19.5. The predicted molar refractivity (Wildman–Crippen MR) is 121 cm³/mol. The summed E-state index contributed by atoms with van der Waals surface area (Å²) in [6.45, 7) is 14.3. The summed E-state index contributed by atoms with van der Waals surface area (Å²) >= 11 is 1.64. The van der Waals surface area contributed by atoms with Crippen molar-refractivity contribution in [2.45, 2.75) is 61.3 Å². The molecule has 0 radical (unpaired) electrons. The number of hydrogen-bond acceptors (Lipinski definition) is 3. The first-order valence-corrected chi connectivity index (χ1v) is 10.1. The molecule has 0 amide bonds. The number of rotatable bonds is 5. The molecule has 0 bridgehead atoms. The van der Waals surface area contributed by atoms with Crippen LogP contribution < -0.4 is 0 Å². The van der Waals surface area contributed by atoms with Gasteiger partial charge >= 0.3 is 0 Å². The van der Waals surface area contributed by atoms with E-state index in [4.69, 9.17) is 0 Å². The molecular weight excluding hydrogens is 324 g/mol. The minimum Gasteiger partial charge on any atom is -0.281 e. The van der Waals surface area contributed by atoms with Gasteiger partial charge in [0.05, 0.1) is 0 Å². The monoisotopic (exact) mass is 360 g/mol. The molecule has 3 heteroatoms. The largest absolute Gasteiger partial charge is 0.281 e. The van der Waals surface area contributed by atoms with Crippen molar-refractivity contribution in [3.63, 3.8) is 0 Å². The lowest BCUT2D eigenvalue weighted by atomic mass is 10.1. The van der Waals surface area contributed by atoms with Crippen LogP contribution in [0.4, 0.5) is 0 Å². The summed E-state index contributed by atoms with van der Waals surface area (Å²) in [5.41, 5.74) is 3.64. The normalized spacial score (nSPS) is 15.0. The number of thioether (sulfide) groups is 1. The first-order chi connectivity index (χ1) is 12.2. The molecule has 0 aliphatic carbocycles. The Hall–Kier alpha value is -1.61. The molecule has 2 nitrogen and oxygen atoms in total. The molecule has 0 saturated heterocycles.